The van der Waals surface area contributed by atoms with Crippen molar-refractivity contribution in [2.24, 2.45) is 11.8 Å². The number of ketones is 1. The molecule has 2 saturated carbocycles. The normalized spacial score (nSPS) is 18.6. The summed E-state index contributed by atoms with van der Waals surface area (Å²) in [6.07, 6.45) is 15.9. The van der Waals surface area contributed by atoms with E-state index in [9.17, 15) is 14.9 Å². The number of nitrogens with zero attached hydrogens (tertiary/aromatic N) is 6. The summed E-state index contributed by atoms with van der Waals surface area (Å²) in [4.78, 5) is 33.9. The van der Waals surface area contributed by atoms with E-state index in [1.54, 1.807) is 6.33 Å². The van der Waals surface area contributed by atoms with Gasteiger partial charge in [-0.2, -0.15) is 10.4 Å². The lowest BCUT2D eigenvalue weighted by atomic mass is 9.94. The summed E-state index contributed by atoms with van der Waals surface area (Å²) >= 11 is 0. The number of nitriles is 1. The molecule has 0 amide bonds. The number of rotatable bonds is 11. The summed E-state index contributed by atoms with van der Waals surface area (Å²) in [7, 11) is 0. The van der Waals surface area contributed by atoms with Crippen molar-refractivity contribution >= 4 is 22.8 Å². The van der Waals surface area contributed by atoms with Gasteiger partial charge < -0.3 is 9.30 Å². The number of hydrogen-bond acceptors (Lipinski definition) is 7. The molecule has 2 aliphatic carbocycles. The maximum Gasteiger partial charge on any atom is 0.313 e. The van der Waals surface area contributed by atoms with E-state index >= 15 is 0 Å². The highest BCUT2D eigenvalue weighted by Crippen LogP contribution is 2.37. The van der Waals surface area contributed by atoms with Gasteiger partial charge in [0.05, 0.1) is 42.9 Å². The molecular formula is C34H38N6O3. The fourth-order valence-electron chi connectivity index (χ4n) is 6.80. The van der Waals surface area contributed by atoms with Crippen LogP contribution in [0.15, 0.2) is 55.2 Å². The molecule has 2 unspecified atom stereocenters. The Labute approximate surface area is 251 Å². The fraction of sp³-hybridized carbons (Fsp3) is 0.471. The molecule has 9 heteroatoms. The van der Waals surface area contributed by atoms with Crippen LogP contribution in [-0.2, 0) is 27.3 Å². The summed E-state index contributed by atoms with van der Waals surface area (Å²) in [6, 6.07) is 12.4. The molecule has 0 aliphatic heterocycles. The Balaban J connectivity index is 1.07. The van der Waals surface area contributed by atoms with Gasteiger partial charge in [-0.3, -0.25) is 14.3 Å². The molecule has 4 aromatic rings. The number of aromatic nitrogens is 5. The molecular weight excluding hydrogens is 540 g/mol. The van der Waals surface area contributed by atoms with Gasteiger partial charge in [-0.05, 0) is 62.1 Å². The lowest BCUT2D eigenvalue weighted by Crippen LogP contribution is -2.17. The molecule has 0 saturated heterocycles. The molecule has 1 aromatic carbocycles. The van der Waals surface area contributed by atoms with Crippen LogP contribution in [-0.4, -0.2) is 42.7 Å². The minimum Gasteiger partial charge on any atom is -0.463 e. The predicted molar refractivity (Wildman–Crippen MR) is 162 cm³/mol. The highest BCUT2D eigenvalue weighted by atomic mass is 16.5. The smallest absolute Gasteiger partial charge is 0.313 e. The van der Waals surface area contributed by atoms with Gasteiger partial charge in [0.2, 0.25) is 0 Å². The Hall–Kier alpha value is -4.32. The second kappa shape index (κ2) is 12.9. The van der Waals surface area contributed by atoms with Crippen molar-refractivity contribution in [2.75, 3.05) is 6.61 Å². The molecule has 2 fully saturated rings. The zero-order chi connectivity index (χ0) is 29.8. The molecule has 0 N–H and O–H groups in total. The van der Waals surface area contributed by atoms with Crippen LogP contribution < -0.4 is 0 Å². The van der Waals surface area contributed by atoms with Crippen molar-refractivity contribution in [1.82, 2.24) is 24.3 Å². The van der Waals surface area contributed by atoms with E-state index < -0.39 is 0 Å². The minimum atomic E-state index is -0.386. The van der Waals surface area contributed by atoms with Gasteiger partial charge in [-0.25, -0.2) is 9.97 Å². The number of carbonyl (C=O) groups is 2. The lowest BCUT2D eigenvalue weighted by Gasteiger charge is -2.21. The highest BCUT2D eigenvalue weighted by molar-refractivity contribution is 5.90. The van der Waals surface area contributed by atoms with Gasteiger partial charge in [0.15, 0.2) is 0 Å². The van der Waals surface area contributed by atoms with Crippen LogP contribution in [0.25, 0.3) is 22.3 Å². The van der Waals surface area contributed by atoms with Gasteiger partial charge >= 0.3 is 5.97 Å². The van der Waals surface area contributed by atoms with Crippen molar-refractivity contribution in [2.45, 2.75) is 83.2 Å². The first kappa shape index (κ1) is 28.8. The van der Waals surface area contributed by atoms with E-state index in [0.29, 0.717) is 31.1 Å². The molecule has 3 aromatic heterocycles. The number of carbonyl (C=O) groups excluding carboxylic acids is 2. The number of hydrogen-bond donors (Lipinski definition) is 0. The standard InChI is InChI=1S/C34H38N6O3/c1-23(25-11-9-24(10-12-25)19-27-7-4-8-31(27)41)34(42)43-18-17-39-16-14-29-32(36-22-37-33(29)39)28-20-38-40(21-28)30(13-15-35)26-5-2-3-6-26/h9-12,14,16,20-23,26-27,30H,2-8,13,17-19H2,1H3/t23?,27?,30-/m1/s1. The third-order valence-electron chi connectivity index (χ3n) is 9.34. The molecule has 0 spiro atoms. The van der Waals surface area contributed by atoms with E-state index in [0.717, 1.165) is 65.5 Å². The molecule has 43 heavy (non-hydrogen) atoms. The number of benzene rings is 1. The van der Waals surface area contributed by atoms with E-state index in [2.05, 4.69) is 21.1 Å². The van der Waals surface area contributed by atoms with Crippen LogP contribution in [0.4, 0.5) is 0 Å². The van der Waals surface area contributed by atoms with Crippen molar-refractivity contribution in [3.8, 4) is 17.3 Å². The molecule has 3 atom stereocenters. The van der Waals surface area contributed by atoms with Gasteiger partial charge in [0, 0.05) is 35.7 Å². The van der Waals surface area contributed by atoms with Crippen LogP contribution in [0.2, 0.25) is 0 Å². The topological polar surface area (TPSA) is 116 Å². The zero-order valence-electron chi connectivity index (χ0n) is 24.7. The molecule has 6 rings (SSSR count). The van der Waals surface area contributed by atoms with Gasteiger partial charge in [0.25, 0.3) is 0 Å². The Morgan fingerprint density at radius 3 is 2.67 bits per heavy atom. The minimum absolute atomic E-state index is 0.0841. The van der Waals surface area contributed by atoms with Crippen LogP contribution in [0.3, 0.4) is 0 Å². The third-order valence-corrected chi connectivity index (χ3v) is 9.34. The van der Waals surface area contributed by atoms with E-state index in [-0.39, 0.29) is 30.5 Å². The molecule has 0 radical (unpaired) electrons. The largest absolute Gasteiger partial charge is 0.463 e. The molecule has 2 aliphatic rings. The lowest BCUT2D eigenvalue weighted by molar-refractivity contribution is -0.145. The van der Waals surface area contributed by atoms with E-state index in [4.69, 9.17) is 4.74 Å². The van der Waals surface area contributed by atoms with Crippen molar-refractivity contribution < 1.29 is 14.3 Å². The Bertz CT molecular complexity index is 1630. The monoisotopic (exact) mass is 578 g/mol. The van der Waals surface area contributed by atoms with Gasteiger partial charge in [-0.15, -0.1) is 0 Å². The number of ether oxygens (including phenoxy) is 1. The van der Waals surface area contributed by atoms with Crippen LogP contribution in [0, 0.1) is 23.2 Å². The number of esters is 1. The maximum absolute atomic E-state index is 12.8. The second-order valence-corrected chi connectivity index (χ2v) is 12.0. The number of fused-ring (bicyclic) bond motifs is 1. The Morgan fingerprint density at radius 2 is 1.93 bits per heavy atom. The summed E-state index contributed by atoms with van der Waals surface area (Å²) in [5.74, 6) is 0.336. The van der Waals surface area contributed by atoms with E-state index in [1.807, 2.05) is 65.1 Å². The van der Waals surface area contributed by atoms with E-state index in [1.165, 1.54) is 12.8 Å². The van der Waals surface area contributed by atoms with Crippen LogP contribution >= 0.6 is 0 Å². The quantitative estimate of drug-likeness (QED) is 0.195. The number of Topliss-reactive ketones (excluding diaryl/α,β-unsaturated/α-hetero) is 1. The summed E-state index contributed by atoms with van der Waals surface area (Å²) < 4.78 is 9.58. The first-order chi connectivity index (χ1) is 21.0. The summed E-state index contributed by atoms with van der Waals surface area (Å²) in [6.45, 7) is 2.55. The summed E-state index contributed by atoms with van der Waals surface area (Å²) in [5.41, 5.74) is 4.49. The fourth-order valence-corrected chi connectivity index (χ4v) is 6.80. The van der Waals surface area contributed by atoms with Crippen LogP contribution in [0.5, 0.6) is 0 Å². The Morgan fingerprint density at radius 1 is 1.12 bits per heavy atom. The van der Waals surface area contributed by atoms with Gasteiger partial charge in [0.1, 0.15) is 24.4 Å². The molecule has 222 valence electrons. The third kappa shape index (κ3) is 6.24. The van der Waals surface area contributed by atoms with Gasteiger partial charge in [-0.1, -0.05) is 37.1 Å². The zero-order valence-corrected chi connectivity index (χ0v) is 24.7. The first-order valence-electron chi connectivity index (χ1n) is 15.5. The average molecular weight is 579 g/mol. The first-order valence-corrected chi connectivity index (χ1v) is 15.5. The predicted octanol–water partition coefficient (Wildman–Crippen LogP) is 6.20. The Kier molecular flexibility index (Phi) is 8.64. The van der Waals surface area contributed by atoms with Crippen LogP contribution in [0.1, 0.15) is 81.4 Å². The van der Waals surface area contributed by atoms with Crippen molar-refractivity contribution in [3.63, 3.8) is 0 Å². The van der Waals surface area contributed by atoms with Crippen molar-refractivity contribution in [1.29, 1.82) is 5.26 Å². The molecule has 3 heterocycles. The molecule has 9 nitrogen and oxygen atoms in total. The highest BCUT2D eigenvalue weighted by Gasteiger charge is 2.28. The van der Waals surface area contributed by atoms with Crippen molar-refractivity contribution in [3.05, 3.63) is 66.4 Å². The average Bonchev–Trinajstić information content (AvgIpc) is 3.85. The molecule has 0 bridgehead atoms. The maximum atomic E-state index is 12.8. The SMILES string of the molecule is CC(C(=O)OCCn1ccc2c(-c3cnn([C@H](CC#N)C4CCCC4)c3)ncnc21)c1ccc(CC2CCCC2=O)cc1. The second-order valence-electron chi connectivity index (χ2n) is 12.0. The summed E-state index contributed by atoms with van der Waals surface area (Å²) in [5, 5.41) is 15.0.